The molecule has 0 aliphatic carbocycles. The predicted octanol–water partition coefficient (Wildman–Crippen LogP) is 3.41. The van der Waals surface area contributed by atoms with Crippen LogP contribution in [0.15, 0.2) is 24.3 Å². The number of carbonyl (C=O) groups excluding carboxylic acids is 1. The molecule has 1 aliphatic rings. The van der Waals surface area contributed by atoms with Gasteiger partial charge in [0.2, 0.25) is 0 Å². The maximum atomic E-state index is 12.2. The molecule has 4 heteroatoms. The van der Waals surface area contributed by atoms with Crippen LogP contribution in [0.3, 0.4) is 0 Å². The van der Waals surface area contributed by atoms with E-state index in [0.29, 0.717) is 17.0 Å². The number of benzene rings is 1. The number of nitrogens with zero attached hydrogens (tertiary/aromatic N) is 1. The van der Waals surface area contributed by atoms with Crippen LogP contribution < -0.4 is 0 Å². The molecule has 1 aliphatic heterocycles. The Hall–Kier alpha value is -0.900. The van der Waals surface area contributed by atoms with Gasteiger partial charge in [0, 0.05) is 32.2 Å². The molecule has 1 saturated heterocycles. The standard InChI is InChI=1S/C16H22ClNO2/c1-16(20-2)9-5-10-18(12-16)11-8-15(19)13-6-3-4-7-14(13)17/h3-4,6-7H,5,8-12H2,1-2H3. The van der Waals surface area contributed by atoms with E-state index in [4.69, 9.17) is 16.3 Å². The molecule has 0 bridgehead atoms. The number of methoxy groups -OCH3 is 1. The van der Waals surface area contributed by atoms with Crippen LogP contribution in [0.4, 0.5) is 0 Å². The van der Waals surface area contributed by atoms with Crippen molar-refractivity contribution in [3.05, 3.63) is 34.9 Å². The zero-order chi connectivity index (χ0) is 14.6. The molecule has 0 amide bonds. The van der Waals surface area contributed by atoms with E-state index in [-0.39, 0.29) is 11.4 Å². The van der Waals surface area contributed by atoms with E-state index in [1.165, 1.54) is 0 Å². The number of rotatable bonds is 5. The molecule has 110 valence electrons. The molecule has 0 radical (unpaired) electrons. The first kappa shape index (κ1) is 15.5. The first-order valence-electron chi connectivity index (χ1n) is 7.09. The van der Waals surface area contributed by atoms with Gasteiger partial charge in [0.1, 0.15) is 0 Å². The molecule has 1 aromatic carbocycles. The Morgan fingerprint density at radius 2 is 2.20 bits per heavy atom. The predicted molar refractivity (Wildman–Crippen MR) is 81.5 cm³/mol. The maximum Gasteiger partial charge on any atom is 0.165 e. The van der Waals surface area contributed by atoms with Gasteiger partial charge in [-0.25, -0.2) is 0 Å². The molecule has 1 heterocycles. The number of hydrogen-bond acceptors (Lipinski definition) is 3. The summed E-state index contributed by atoms with van der Waals surface area (Å²) in [4.78, 5) is 14.5. The number of ether oxygens (including phenoxy) is 1. The average molecular weight is 296 g/mol. The molecule has 1 atom stereocenters. The summed E-state index contributed by atoms with van der Waals surface area (Å²) in [6.07, 6.45) is 2.70. The summed E-state index contributed by atoms with van der Waals surface area (Å²) in [5, 5.41) is 0.540. The van der Waals surface area contributed by atoms with Gasteiger partial charge in [-0.2, -0.15) is 0 Å². The van der Waals surface area contributed by atoms with E-state index in [1.54, 1.807) is 19.2 Å². The van der Waals surface area contributed by atoms with Crippen LogP contribution in [0.25, 0.3) is 0 Å². The van der Waals surface area contributed by atoms with Crippen molar-refractivity contribution in [3.8, 4) is 0 Å². The molecule has 1 unspecified atom stereocenters. The monoisotopic (exact) mass is 295 g/mol. The van der Waals surface area contributed by atoms with Gasteiger partial charge in [-0.3, -0.25) is 4.79 Å². The van der Waals surface area contributed by atoms with Gasteiger partial charge in [0.05, 0.1) is 10.6 Å². The minimum Gasteiger partial charge on any atom is -0.377 e. The van der Waals surface area contributed by atoms with E-state index in [1.807, 2.05) is 12.1 Å². The zero-order valence-corrected chi connectivity index (χ0v) is 12.9. The SMILES string of the molecule is COC1(C)CCCN(CCC(=O)c2ccccc2Cl)C1. The summed E-state index contributed by atoms with van der Waals surface area (Å²) in [5.41, 5.74) is 0.548. The lowest BCUT2D eigenvalue weighted by atomic mass is 9.94. The summed E-state index contributed by atoms with van der Waals surface area (Å²) in [6.45, 7) is 4.83. The van der Waals surface area contributed by atoms with Crippen molar-refractivity contribution >= 4 is 17.4 Å². The van der Waals surface area contributed by atoms with E-state index < -0.39 is 0 Å². The molecule has 0 N–H and O–H groups in total. The number of ketones is 1. The third kappa shape index (κ3) is 3.81. The number of likely N-dealkylation sites (tertiary alicyclic amines) is 1. The van der Waals surface area contributed by atoms with Crippen LogP contribution in [-0.4, -0.2) is 43.0 Å². The molecular formula is C16H22ClNO2. The fraction of sp³-hybridized carbons (Fsp3) is 0.562. The van der Waals surface area contributed by atoms with Crippen LogP contribution in [0.5, 0.6) is 0 Å². The Morgan fingerprint density at radius 1 is 1.45 bits per heavy atom. The van der Waals surface area contributed by atoms with Crippen LogP contribution >= 0.6 is 11.6 Å². The number of Topliss-reactive ketones (excluding diaryl/α,β-unsaturated/α-hetero) is 1. The topological polar surface area (TPSA) is 29.5 Å². The quantitative estimate of drug-likeness (QED) is 0.780. The first-order valence-corrected chi connectivity index (χ1v) is 7.47. The molecule has 0 aromatic heterocycles. The number of carbonyl (C=O) groups is 1. The molecule has 0 spiro atoms. The molecular weight excluding hydrogens is 274 g/mol. The number of hydrogen-bond donors (Lipinski definition) is 0. The lowest BCUT2D eigenvalue weighted by Crippen LogP contribution is -2.47. The van der Waals surface area contributed by atoms with Crippen LogP contribution in [-0.2, 0) is 4.74 Å². The molecule has 3 nitrogen and oxygen atoms in total. The van der Waals surface area contributed by atoms with Crippen molar-refractivity contribution in [2.45, 2.75) is 31.8 Å². The summed E-state index contributed by atoms with van der Waals surface area (Å²) >= 11 is 6.05. The summed E-state index contributed by atoms with van der Waals surface area (Å²) in [7, 11) is 1.76. The van der Waals surface area contributed by atoms with E-state index in [9.17, 15) is 4.79 Å². The van der Waals surface area contributed by atoms with E-state index >= 15 is 0 Å². The van der Waals surface area contributed by atoms with Crippen molar-refractivity contribution < 1.29 is 9.53 Å². The minimum absolute atomic E-state index is 0.0777. The second kappa shape index (κ2) is 6.70. The van der Waals surface area contributed by atoms with Gasteiger partial charge in [0.15, 0.2) is 5.78 Å². The fourth-order valence-corrected chi connectivity index (χ4v) is 2.99. The molecule has 2 rings (SSSR count). The molecule has 0 saturated carbocycles. The zero-order valence-electron chi connectivity index (χ0n) is 12.2. The summed E-state index contributed by atoms with van der Waals surface area (Å²) in [5.74, 6) is 0.111. The average Bonchev–Trinajstić information content (AvgIpc) is 2.45. The summed E-state index contributed by atoms with van der Waals surface area (Å²) in [6, 6.07) is 7.24. The van der Waals surface area contributed by atoms with Crippen molar-refractivity contribution in [2.24, 2.45) is 0 Å². The van der Waals surface area contributed by atoms with Gasteiger partial charge < -0.3 is 9.64 Å². The third-order valence-electron chi connectivity index (χ3n) is 4.06. The van der Waals surface area contributed by atoms with Crippen molar-refractivity contribution in [2.75, 3.05) is 26.7 Å². The Morgan fingerprint density at radius 3 is 2.90 bits per heavy atom. The minimum atomic E-state index is -0.0777. The highest BCUT2D eigenvalue weighted by atomic mass is 35.5. The van der Waals surface area contributed by atoms with Crippen molar-refractivity contribution in [3.63, 3.8) is 0 Å². The van der Waals surface area contributed by atoms with Gasteiger partial charge >= 0.3 is 0 Å². The Bertz CT molecular complexity index is 477. The Balaban J connectivity index is 1.89. The van der Waals surface area contributed by atoms with Crippen molar-refractivity contribution in [1.29, 1.82) is 0 Å². The van der Waals surface area contributed by atoms with E-state index in [0.717, 1.165) is 32.5 Å². The second-order valence-electron chi connectivity index (χ2n) is 5.69. The Kier molecular flexibility index (Phi) is 5.19. The Labute approximate surface area is 125 Å². The highest BCUT2D eigenvalue weighted by Gasteiger charge is 2.30. The highest BCUT2D eigenvalue weighted by molar-refractivity contribution is 6.33. The van der Waals surface area contributed by atoms with Gasteiger partial charge in [-0.15, -0.1) is 0 Å². The number of piperidine rings is 1. The second-order valence-corrected chi connectivity index (χ2v) is 6.09. The van der Waals surface area contributed by atoms with Gasteiger partial charge in [0.25, 0.3) is 0 Å². The highest BCUT2D eigenvalue weighted by Crippen LogP contribution is 2.24. The molecule has 20 heavy (non-hydrogen) atoms. The largest absolute Gasteiger partial charge is 0.377 e. The smallest absolute Gasteiger partial charge is 0.165 e. The normalized spacial score (nSPS) is 23.8. The maximum absolute atomic E-state index is 12.2. The number of halogens is 1. The van der Waals surface area contributed by atoms with Crippen molar-refractivity contribution in [1.82, 2.24) is 4.90 Å². The fourth-order valence-electron chi connectivity index (χ4n) is 2.75. The van der Waals surface area contributed by atoms with Crippen LogP contribution in [0, 0.1) is 0 Å². The molecule has 1 aromatic rings. The first-order chi connectivity index (χ1) is 9.54. The van der Waals surface area contributed by atoms with Gasteiger partial charge in [-0.05, 0) is 38.4 Å². The lowest BCUT2D eigenvalue weighted by Gasteiger charge is -2.39. The van der Waals surface area contributed by atoms with Crippen LogP contribution in [0.1, 0.15) is 36.5 Å². The van der Waals surface area contributed by atoms with Gasteiger partial charge in [-0.1, -0.05) is 23.7 Å². The van der Waals surface area contributed by atoms with Crippen LogP contribution in [0.2, 0.25) is 5.02 Å². The summed E-state index contributed by atoms with van der Waals surface area (Å²) < 4.78 is 5.57. The third-order valence-corrected chi connectivity index (χ3v) is 4.39. The van der Waals surface area contributed by atoms with E-state index in [2.05, 4.69) is 11.8 Å². The lowest BCUT2D eigenvalue weighted by molar-refractivity contribution is -0.0503. The molecule has 1 fully saturated rings.